The topological polar surface area (TPSA) is 102 Å². The lowest BCUT2D eigenvalue weighted by molar-refractivity contribution is -0.126. The first-order valence-electron chi connectivity index (χ1n) is 8.51. The largest absolute Gasteiger partial charge is 0.486 e. The molecule has 3 aliphatic rings. The van der Waals surface area contributed by atoms with Gasteiger partial charge in [-0.3, -0.25) is 9.59 Å². The van der Waals surface area contributed by atoms with Crippen LogP contribution in [0.2, 0.25) is 0 Å². The van der Waals surface area contributed by atoms with E-state index in [-0.39, 0.29) is 30.7 Å². The van der Waals surface area contributed by atoms with Crippen molar-refractivity contribution in [3.63, 3.8) is 0 Å². The van der Waals surface area contributed by atoms with Crippen LogP contribution in [0.15, 0.2) is 18.2 Å². The van der Waals surface area contributed by atoms with Crippen molar-refractivity contribution in [2.45, 2.75) is 11.2 Å². The van der Waals surface area contributed by atoms with Gasteiger partial charge >= 0.3 is 0 Å². The minimum atomic E-state index is -3.43. The summed E-state index contributed by atoms with van der Waals surface area (Å²) in [5.41, 5.74) is 0.351. The van der Waals surface area contributed by atoms with Crippen LogP contribution in [0.25, 0.3) is 0 Å². The first-order chi connectivity index (χ1) is 12.4. The highest BCUT2D eigenvalue weighted by molar-refractivity contribution is 7.93. The Hall–Kier alpha value is -2.29. The third kappa shape index (κ3) is 2.29. The van der Waals surface area contributed by atoms with Gasteiger partial charge in [-0.15, -0.1) is 0 Å². The summed E-state index contributed by atoms with van der Waals surface area (Å²) in [7, 11) is -1.93. The minimum Gasteiger partial charge on any atom is -0.486 e. The Bertz CT molecular complexity index is 875. The van der Waals surface area contributed by atoms with Crippen LogP contribution in [0.4, 0.5) is 0 Å². The average Bonchev–Trinajstić information content (AvgIpc) is 2.89. The molecule has 1 aromatic carbocycles. The van der Waals surface area contributed by atoms with Gasteiger partial charge in [0.1, 0.15) is 18.0 Å². The Kier molecular flexibility index (Phi) is 3.87. The highest BCUT2D eigenvalue weighted by Gasteiger charge is 2.64. The number of benzene rings is 1. The number of carbonyl (C=O) groups excluding carboxylic acids is 2. The molecule has 140 valence electrons. The van der Waals surface area contributed by atoms with Gasteiger partial charge in [-0.05, 0) is 18.6 Å². The number of carbonyl (C=O) groups is 2. The van der Waals surface area contributed by atoms with Crippen LogP contribution >= 0.6 is 0 Å². The van der Waals surface area contributed by atoms with Crippen molar-refractivity contribution in [1.29, 1.82) is 0 Å². The Morgan fingerprint density at radius 3 is 2.69 bits per heavy atom. The van der Waals surface area contributed by atoms with Crippen molar-refractivity contribution in [2.24, 2.45) is 5.92 Å². The quantitative estimate of drug-likeness (QED) is 0.765. The summed E-state index contributed by atoms with van der Waals surface area (Å²) in [5, 5.41) is 2.54. The number of nitrogens with one attached hydrogen (secondary N) is 1. The van der Waals surface area contributed by atoms with Gasteiger partial charge in [0.15, 0.2) is 21.3 Å². The zero-order valence-electron chi connectivity index (χ0n) is 14.4. The van der Waals surface area contributed by atoms with E-state index in [0.29, 0.717) is 36.7 Å². The molecule has 1 aromatic rings. The minimum absolute atomic E-state index is 0.0230. The molecule has 2 fully saturated rings. The number of fused-ring (bicyclic) bond motifs is 1. The second-order valence-corrected chi connectivity index (χ2v) is 9.28. The molecular formula is C17H20N2O6S. The van der Waals surface area contributed by atoms with E-state index in [4.69, 9.17) is 9.47 Å². The zero-order valence-corrected chi connectivity index (χ0v) is 15.2. The zero-order chi connectivity index (χ0) is 18.5. The van der Waals surface area contributed by atoms with Gasteiger partial charge in [-0.2, -0.15) is 0 Å². The third-order valence-corrected chi connectivity index (χ3v) is 8.05. The lowest BCUT2D eigenvalue weighted by Gasteiger charge is -2.49. The summed E-state index contributed by atoms with van der Waals surface area (Å²) in [6.45, 7) is 0.825. The average molecular weight is 380 g/mol. The highest BCUT2D eigenvalue weighted by Crippen LogP contribution is 2.46. The lowest BCUT2D eigenvalue weighted by atomic mass is 9.82. The second-order valence-electron chi connectivity index (χ2n) is 6.83. The highest BCUT2D eigenvalue weighted by atomic mass is 32.2. The van der Waals surface area contributed by atoms with Crippen LogP contribution in [0, 0.1) is 5.92 Å². The van der Waals surface area contributed by atoms with Crippen LogP contribution in [0.5, 0.6) is 11.5 Å². The number of likely N-dealkylation sites (tertiary alicyclic amines) is 1. The van der Waals surface area contributed by atoms with E-state index in [2.05, 4.69) is 5.32 Å². The molecule has 0 bridgehead atoms. The predicted molar refractivity (Wildman–Crippen MR) is 92.0 cm³/mol. The van der Waals surface area contributed by atoms with E-state index in [0.717, 1.165) is 0 Å². The van der Waals surface area contributed by atoms with E-state index in [9.17, 15) is 18.0 Å². The summed E-state index contributed by atoms with van der Waals surface area (Å²) in [5.74, 6) is -0.338. The number of sulfone groups is 1. The first kappa shape index (κ1) is 17.1. The van der Waals surface area contributed by atoms with Gasteiger partial charge in [-0.1, -0.05) is 6.07 Å². The number of rotatable bonds is 2. The van der Waals surface area contributed by atoms with Crippen molar-refractivity contribution >= 4 is 21.7 Å². The molecule has 0 radical (unpaired) electrons. The fourth-order valence-corrected chi connectivity index (χ4v) is 6.39. The van der Waals surface area contributed by atoms with E-state index < -0.39 is 20.5 Å². The number of ether oxygens (including phenoxy) is 2. The molecule has 0 saturated carbocycles. The smallest absolute Gasteiger partial charge is 0.257 e. The molecule has 26 heavy (non-hydrogen) atoms. The molecule has 9 heteroatoms. The molecule has 2 saturated heterocycles. The molecule has 8 nitrogen and oxygen atoms in total. The molecule has 1 N–H and O–H groups in total. The summed E-state index contributed by atoms with van der Waals surface area (Å²) >= 11 is 0. The summed E-state index contributed by atoms with van der Waals surface area (Å²) in [6, 6.07) is 5.07. The van der Waals surface area contributed by atoms with Crippen LogP contribution in [-0.2, 0) is 14.6 Å². The van der Waals surface area contributed by atoms with Crippen molar-refractivity contribution in [1.82, 2.24) is 10.2 Å². The van der Waals surface area contributed by atoms with Crippen molar-refractivity contribution < 1.29 is 27.5 Å². The maximum absolute atomic E-state index is 12.9. The van der Waals surface area contributed by atoms with E-state index >= 15 is 0 Å². The normalized spacial score (nSPS) is 24.8. The molecular weight excluding hydrogens is 360 g/mol. The van der Waals surface area contributed by atoms with Gasteiger partial charge < -0.3 is 19.7 Å². The maximum atomic E-state index is 12.9. The maximum Gasteiger partial charge on any atom is 0.257 e. The molecule has 1 unspecified atom stereocenters. The number of amides is 2. The van der Waals surface area contributed by atoms with Gasteiger partial charge in [-0.25, -0.2) is 8.42 Å². The first-order valence-corrected chi connectivity index (χ1v) is 10.2. The number of nitrogens with zero attached hydrogens (tertiary/aromatic N) is 1. The second kappa shape index (κ2) is 5.87. The number of hydrogen-bond donors (Lipinski definition) is 1. The van der Waals surface area contributed by atoms with E-state index in [1.54, 1.807) is 18.2 Å². The van der Waals surface area contributed by atoms with Gasteiger partial charge in [0.05, 0.1) is 17.2 Å². The van der Waals surface area contributed by atoms with Crippen LogP contribution in [0.3, 0.4) is 0 Å². The van der Waals surface area contributed by atoms with Gasteiger partial charge in [0.2, 0.25) is 5.91 Å². The van der Waals surface area contributed by atoms with Crippen molar-refractivity contribution in [3.05, 3.63) is 23.8 Å². The van der Waals surface area contributed by atoms with E-state index in [1.807, 2.05) is 0 Å². The Morgan fingerprint density at radius 1 is 1.23 bits per heavy atom. The molecule has 1 atom stereocenters. The number of para-hydroxylation sites is 1. The fourth-order valence-electron chi connectivity index (χ4n) is 4.07. The van der Waals surface area contributed by atoms with E-state index in [1.165, 1.54) is 11.9 Å². The van der Waals surface area contributed by atoms with Crippen LogP contribution in [0.1, 0.15) is 16.8 Å². The standard InChI is InChI=1S/C17H20N2O6S/c1-18-15(20)12-5-8-26(22,23)17(12)9-19(10-17)16(21)11-3-2-4-13-14(11)25-7-6-24-13/h2-4,12H,5-10H2,1H3,(H,18,20). The molecule has 1 spiro atoms. The molecule has 4 rings (SSSR count). The molecule has 0 aromatic heterocycles. The summed E-state index contributed by atoms with van der Waals surface area (Å²) in [4.78, 5) is 26.5. The van der Waals surface area contributed by atoms with Gasteiger partial charge in [0, 0.05) is 20.1 Å². The van der Waals surface area contributed by atoms with Crippen LogP contribution in [-0.4, -0.2) is 69.0 Å². The molecule has 3 heterocycles. The predicted octanol–water partition coefficient (Wildman–Crippen LogP) is -0.167. The lowest BCUT2D eigenvalue weighted by Crippen LogP contribution is -2.69. The Morgan fingerprint density at radius 2 is 1.96 bits per heavy atom. The summed E-state index contributed by atoms with van der Waals surface area (Å²) in [6.07, 6.45) is 0.293. The summed E-state index contributed by atoms with van der Waals surface area (Å²) < 4.78 is 35.0. The molecule has 0 aliphatic carbocycles. The Labute approximate surface area is 151 Å². The molecule has 3 aliphatic heterocycles. The van der Waals surface area contributed by atoms with Crippen LogP contribution < -0.4 is 14.8 Å². The number of hydrogen-bond acceptors (Lipinski definition) is 6. The van der Waals surface area contributed by atoms with Gasteiger partial charge in [0.25, 0.3) is 5.91 Å². The van der Waals surface area contributed by atoms with Crippen molar-refractivity contribution in [2.75, 3.05) is 39.1 Å². The SMILES string of the molecule is CNC(=O)C1CCS(=O)(=O)C12CN(C(=O)c1cccc3c1OCCO3)C2. The fraction of sp³-hybridized carbons (Fsp3) is 0.529. The third-order valence-electron chi connectivity index (χ3n) is 5.49. The molecule has 2 amide bonds. The van der Waals surface area contributed by atoms with Crippen molar-refractivity contribution in [3.8, 4) is 11.5 Å². The Balaban J connectivity index is 1.59. The monoisotopic (exact) mass is 380 g/mol.